The molecule has 0 aliphatic rings. The van der Waals surface area contributed by atoms with E-state index < -0.39 is 0 Å². The van der Waals surface area contributed by atoms with Gasteiger partial charge in [-0.15, -0.1) is 0 Å². The zero-order chi connectivity index (χ0) is 17.7. The lowest BCUT2D eigenvalue weighted by atomic mass is 10.1. The molecule has 0 aliphatic heterocycles. The van der Waals surface area contributed by atoms with Crippen molar-refractivity contribution in [2.24, 2.45) is 0 Å². The average molecular weight is 360 g/mol. The zero-order valence-corrected chi connectivity index (χ0v) is 15.3. The molecule has 1 aromatic carbocycles. The molecule has 1 N–H and O–H groups in total. The minimum absolute atomic E-state index is 0.114. The predicted molar refractivity (Wildman–Crippen MR) is 97.2 cm³/mol. The number of hydrogen-bond acceptors (Lipinski definition) is 4. The molecule has 0 bridgehead atoms. The molecule has 1 unspecified atom stereocenters. The maximum Gasteiger partial charge on any atom is 0.230 e. The van der Waals surface area contributed by atoms with Crippen molar-refractivity contribution in [3.8, 4) is 6.07 Å². The van der Waals surface area contributed by atoms with E-state index in [1.165, 1.54) is 11.8 Å². The van der Waals surface area contributed by atoms with Crippen LogP contribution >= 0.6 is 23.4 Å². The predicted octanol–water partition coefficient (Wildman–Crippen LogP) is 4.19. The first-order valence-corrected chi connectivity index (χ1v) is 8.83. The SMILES string of the molecule is Cc1cc(C)c(C#N)c(SCC(=O)NC(C)c2cccc(Cl)c2)n1. The molecule has 0 radical (unpaired) electrons. The highest BCUT2D eigenvalue weighted by atomic mass is 35.5. The Kier molecular flexibility index (Phi) is 6.24. The van der Waals surface area contributed by atoms with Gasteiger partial charge >= 0.3 is 0 Å². The van der Waals surface area contributed by atoms with Crippen molar-refractivity contribution in [2.75, 3.05) is 5.75 Å². The van der Waals surface area contributed by atoms with Crippen LogP contribution in [0.15, 0.2) is 35.4 Å². The van der Waals surface area contributed by atoms with E-state index in [-0.39, 0.29) is 17.7 Å². The Hall–Kier alpha value is -2.03. The number of carbonyl (C=O) groups is 1. The fourth-order valence-corrected chi connectivity index (χ4v) is 3.43. The lowest BCUT2D eigenvalue weighted by Crippen LogP contribution is -2.28. The van der Waals surface area contributed by atoms with E-state index in [9.17, 15) is 10.1 Å². The summed E-state index contributed by atoms with van der Waals surface area (Å²) in [7, 11) is 0. The molecule has 0 saturated carbocycles. The van der Waals surface area contributed by atoms with Gasteiger partial charge in [0, 0.05) is 10.7 Å². The summed E-state index contributed by atoms with van der Waals surface area (Å²) in [5, 5.41) is 13.4. The monoisotopic (exact) mass is 359 g/mol. The quantitative estimate of drug-likeness (QED) is 0.813. The molecule has 0 spiro atoms. The molecule has 2 aromatic rings. The molecule has 0 aliphatic carbocycles. The van der Waals surface area contributed by atoms with Gasteiger partial charge in [-0.2, -0.15) is 5.26 Å². The molecule has 1 amide bonds. The normalized spacial score (nSPS) is 11.6. The van der Waals surface area contributed by atoms with E-state index in [0.717, 1.165) is 16.8 Å². The van der Waals surface area contributed by atoms with Crippen molar-refractivity contribution >= 4 is 29.3 Å². The van der Waals surface area contributed by atoms with Crippen molar-refractivity contribution in [3.63, 3.8) is 0 Å². The van der Waals surface area contributed by atoms with E-state index in [2.05, 4.69) is 16.4 Å². The third kappa shape index (κ3) is 4.73. The fraction of sp³-hybridized carbons (Fsp3) is 0.278. The Morgan fingerprint density at radius 1 is 1.42 bits per heavy atom. The molecular weight excluding hydrogens is 342 g/mol. The van der Waals surface area contributed by atoms with Gasteiger partial charge in [-0.3, -0.25) is 4.79 Å². The third-order valence-corrected chi connectivity index (χ3v) is 4.70. The minimum Gasteiger partial charge on any atom is -0.349 e. The number of halogens is 1. The maximum atomic E-state index is 12.2. The van der Waals surface area contributed by atoms with Gasteiger partial charge in [0.15, 0.2) is 0 Å². The third-order valence-electron chi connectivity index (χ3n) is 3.49. The molecule has 0 fully saturated rings. The van der Waals surface area contributed by atoms with Crippen molar-refractivity contribution < 1.29 is 4.79 Å². The Balaban J connectivity index is 2.00. The lowest BCUT2D eigenvalue weighted by molar-refractivity contribution is -0.119. The van der Waals surface area contributed by atoms with Crippen LogP contribution in [0.25, 0.3) is 0 Å². The smallest absolute Gasteiger partial charge is 0.230 e. The number of carbonyl (C=O) groups excluding carboxylic acids is 1. The molecular formula is C18H18ClN3OS. The van der Waals surface area contributed by atoms with Gasteiger partial charge in [-0.1, -0.05) is 35.5 Å². The van der Waals surface area contributed by atoms with E-state index in [1.807, 2.05) is 45.0 Å². The van der Waals surface area contributed by atoms with Crippen LogP contribution in [0, 0.1) is 25.2 Å². The van der Waals surface area contributed by atoms with Gasteiger partial charge in [-0.05, 0) is 50.1 Å². The second kappa shape index (κ2) is 8.18. The molecule has 124 valence electrons. The summed E-state index contributed by atoms with van der Waals surface area (Å²) in [6.45, 7) is 5.65. The van der Waals surface area contributed by atoms with E-state index in [0.29, 0.717) is 15.6 Å². The number of aromatic nitrogens is 1. The Labute approximate surface area is 151 Å². The Morgan fingerprint density at radius 3 is 2.83 bits per heavy atom. The van der Waals surface area contributed by atoms with E-state index in [1.54, 1.807) is 6.07 Å². The molecule has 6 heteroatoms. The number of nitrogens with one attached hydrogen (secondary N) is 1. The zero-order valence-electron chi connectivity index (χ0n) is 13.8. The summed E-state index contributed by atoms with van der Waals surface area (Å²) in [5.41, 5.74) is 3.19. The van der Waals surface area contributed by atoms with Gasteiger partial charge in [0.2, 0.25) is 5.91 Å². The molecule has 4 nitrogen and oxygen atoms in total. The molecule has 24 heavy (non-hydrogen) atoms. The second-order valence-electron chi connectivity index (χ2n) is 5.51. The number of nitrogens with zero attached hydrogens (tertiary/aromatic N) is 2. The van der Waals surface area contributed by atoms with Crippen molar-refractivity contribution in [1.82, 2.24) is 10.3 Å². The minimum atomic E-state index is -0.139. The lowest BCUT2D eigenvalue weighted by Gasteiger charge is -2.14. The Morgan fingerprint density at radius 2 is 2.17 bits per heavy atom. The van der Waals surface area contributed by atoms with E-state index in [4.69, 9.17) is 11.6 Å². The van der Waals surface area contributed by atoms with E-state index >= 15 is 0 Å². The van der Waals surface area contributed by atoms with Crippen LogP contribution in [-0.2, 0) is 4.79 Å². The highest BCUT2D eigenvalue weighted by Crippen LogP contribution is 2.24. The van der Waals surface area contributed by atoms with Crippen LogP contribution in [0.3, 0.4) is 0 Å². The number of rotatable bonds is 5. The van der Waals surface area contributed by atoms with Gasteiger partial charge in [-0.25, -0.2) is 4.98 Å². The molecule has 1 atom stereocenters. The first-order valence-electron chi connectivity index (χ1n) is 7.46. The van der Waals surface area contributed by atoms with Crippen molar-refractivity contribution in [2.45, 2.75) is 31.8 Å². The van der Waals surface area contributed by atoms with Crippen molar-refractivity contribution in [3.05, 3.63) is 57.7 Å². The topological polar surface area (TPSA) is 65.8 Å². The van der Waals surface area contributed by atoms with Gasteiger partial charge in [0.1, 0.15) is 11.1 Å². The van der Waals surface area contributed by atoms with Gasteiger partial charge < -0.3 is 5.32 Å². The van der Waals surface area contributed by atoms with Gasteiger partial charge in [0.25, 0.3) is 0 Å². The summed E-state index contributed by atoms with van der Waals surface area (Å²) in [4.78, 5) is 16.5. The number of aryl methyl sites for hydroxylation is 2. The number of benzene rings is 1. The highest BCUT2D eigenvalue weighted by Gasteiger charge is 2.14. The van der Waals surface area contributed by atoms with Crippen LogP contribution in [0.5, 0.6) is 0 Å². The first kappa shape index (κ1) is 18.3. The molecule has 2 rings (SSSR count). The average Bonchev–Trinajstić information content (AvgIpc) is 2.52. The largest absolute Gasteiger partial charge is 0.349 e. The number of amides is 1. The number of hydrogen-bond donors (Lipinski definition) is 1. The Bertz CT molecular complexity index is 801. The second-order valence-corrected chi connectivity index (χ2v) is 6.91. The maximum absolute atomic E-state index is 12.2. The summed E-state index contributed by atoms with van der Waals surface area (Å²) < 4.78 is 0. The summed E-state index contributed by atoms with van der Waals surface area (Å²) >= 11 is 7.25. The summed E-state index contributed by atoms with van der Waals surface area (Å²) in [5.74, 6) is 0.0903. The fourth-order valence-electron chi connectivity index (χ4n) is 2.32. The molecule has 0 saturated heterocycles. The standard InChI is InChI=1S/C18H18ClN3OS/c1-11-7-12(2)21-18(16(11)9-20)24-10-17(23)22-13(3)14-5-4-6-15(19)8-14/h4-8,13H,10H2,1-3H3,(H,22,23). The van der Waals surface area contributed by atoms with Crippen LogP contribution in [0.2, 0.25) is 5.02 Å². The van der Waals surface area contributed by atoms with Crippen LogP contribution in [-0.4, -0.2) is 16.6 Å². The number of pyridine rings is 1. The highest BCUT2D eigenvalue weighted by molar-refractivity contribution is 8.00. The molecule has 1 aromatic heterocycles. The van der Waals surface area contributed by atoms with Gasteiger partial charge in [0.05, 0.1) is 17.4 Å². The van der Waals surface area contributed by atoms with Crippen LogP contribution in [0.1, 0.15) is 35.3 Å². The van der Waals surface area contributed by atoms with Crippen molar-refractivity contribution in [1.29, 1.82) is 5.26 Å². The first-order chi connectivity index (χ1) is 11.4. The number of nitriles is 1. The number of thioether (sulfide) groups is 1. The van der Waals surface area contributed by atoms with Crippen LogP contribution in [0.4, 0.5) is 0 Å². The van der Waals surface area contributed by atoms with Crippen LogP contribution < -0.4 is 5.32 Å². The summed E-state index contributed by atoms with van der Waals surface area (Å²) in [6.07, 6.45) is 0. The molecule has 1 heterocycles. The summed E-state index contributed by atoms with van der Waals surface area (Å²) in [6, 6.07) is 11.3.